The van der Waals surface area contributed by atoms with Gasteiger partial charge in [-0.2, -0.15) is 0 Å². The van der Waals surface area contributed by atoms with E-state index in [0.29, 0.717) is 0 Å². The fraction of sp³-hybridized carbons (Fsp3) is 0.429. The van der Waals surface area contributed by atoms with E-state index in [0.717, 1.165) is 0 Å². The Bertz CT molecular complexity index is 275. The minimum Gasteiger partial charge on any atom is -0.384 e. The normalized spacial score (nSPS) is 11.7. The monoisotopic (exact) mass is 189 g/mol. The van der Waals surface area contributed by atoms with Crippen LogP contribution in [0.5, 0.6) is 0 Å². The van der Waals surface area contributed by atoms with Gasteiger partial charge in [-0.05, 0) is 25.4 Å². The zero-order chi connectivity index (χ0) is 9.35. The van der Waals surface area contributed by atoms with Gasteiger partial charge in [-0.25, -0.2) is 14.4 Å². The molecule has 0 aliphatic carbocycles. The van der Waals surface area contributed by atoms with Crippen LogP contribution < -0.4 is 5.73 Å². The molecule has 3 nitrogen and oxygen atoms in total. The topological polar surface area (TPSA) is 51.8 Å². The maximum absolute atomic E-state index is 13.3. The molecule has 0 aliphatic heterocycles. The molecule has 1 rings (SSSR count). The molecule has 0 saturated carbocycles. The molecule has 66 valence electrons. The van der Waals surface area contributed by atoms with Crippen molar-refractivity contribution in [3.63, 3.8) is 0 Å². The first-order valence-electron chi connectivity index (χ1n) is 3.39. The van der Waals surface area contributed by atoms with Crippen LogP contribution in [0.25, 0.3) is 0 Å². The molecule has 1 aromatic heterocycles. The highest BCUT2D eigenvalue weighted by Crippen LogP contribution is 2.24. The third-order valence-corrected chi connectivity index (χ3v) is 1.50. The summed E-state index contributed by atoms with van der Waals surface area (Å²) in [5.74, 6) is 0.177. The van der Waals surface area contributed by atoms with Crippen molar-refractivity contribution in [3.05, 3.63) is 17.0 Å². The van der Waals surface area contributed by atoms with Gasteiger partial charge in [0, 0.05) is 6.07 Å². The van der Waals surface area contributed by atoms with Crippen LogP contribution in [-0.4, -0.2) is 9.97 Å². The van der Waals surface area contributed by atoms with Crippen molar-refractivity contribution in [1.29, 1.82) is 0 Å². The molecule has 2 N–H and O–H groups in total. The van der Waals surface area contributed by atoms with Gasteiger partial charge in [-0.1, -0.05) is 0 Å². The average molecular weight is 190 g/mol. The van der Waals surface area contributed by atoms with Crippen LogP contribution in [0.3, 0.4) is 0 Å². The van der Waals surface area contributed by atoms with Crippen LogP contribution >= 0.6 is 11.6 Å². The first-order chi connectivity index (χ1) is 5.39. The van der Waals surface area contributed by atoms with E-state index in [1.807, 2.05) is 0 Å². The van der Waals surface area contributed by atoms with Gasteiger partial charge < -0.3 is 5.73 Å². The lowest BCUT2D eigenvalue weighted by Crippen LogP contribution is -2.13. The van der Waals surface area contributed by atoms with Crippen LogP contribution in [0.1, 0.15) is 19.5 Å². The van der Waals surface area contributed by atoms with E-state index < -0.39 is 5.67 Å². The van der Waals surface area contributed by atoms with Crippen molar-refractivity contribution < 1.29 is 4.39 Å². The Balaban J connectivity index is 3.18. The molecular formula is C7H9ClFN3. The first-order valence-corrected chi connectivity index (χ1v) is 3.77. The van der Waals surface area contributed by atoms with E-state index in [4.69, 9.17) is 17.3 Å². The molecule has 0 amide bonds. The Morgan fingerprint density at radius 2 is 2.08 bits per heavy atom. The van der Waals surface area contributed by atoms with Crippen LogP contribution in [0, 0.1) is 0 Å². The fourth-order valence-corrected chi connectivity index (χ4v) is 0.929. The molecule has 0 aliphatic rings. The van der Waals surface area contributed by atoms with Gasteiger partial charge in [-0.15, -0.1) is 0 Å². The summed E-state index contributed by atoms with van der Waals surface area (Å²) in [7, 11) is 0. The summed E-state index contributed by atoms with van der Waals surface area (Å²) in [6.45, 7) is 2.76. The van der Waals surface area contributed by atoms with Crippen LogP contribution in [0.15, 0.2) is 6.07 Å². The molecule has 1 heterocycles. The molecule has 0 fully saturated rings. The largest absolute Gasteiger partial charge is 0.384 e. The maximum Gasteiger partial charge on any atom is 0.224 e. The lowest BCUT2D eigenvalue weighted by atomic mass is 10.1. The molecule has 0 saturated heterocycles. The van der Waals surface area contributed by atoms with Crippen LogP contribution in [0.4, 0.5) is 10.2 Å². The highest BCUT2D eigenvalue weighted by molar-refractivity contribution is 6.28. The van der Waals surface area contributed by atoms with Gasteiger partial charge in [0.05, 0.1) is 5.69 Å². The van der Waals surface area contributed by atoms with E-state index in [1.165, 1.54) is 19.9 Å². The number of anilines is 1. The Morgan fingerprint density at radius 1 is 1.50 bits per heavy atom. The standard InChI is InChI=1S/C7H9ClFN3/c1-7(2,9)4-3-5(10)12-6(8)11-4/h3H,1-2H3,(H2,10,11,12). The smallest absolute Gasteiger partial charge is 0.224 e. The molecule has 0 aromatic carbocycles. The van der Waals surface area contributed by atoms with Crippen molar-refractivity contribution in [3.8, 4) is 0 Å². The Morgan fingerprint density at radius 3 is 2.50 bits per heavy atom. The van der Waals surface area contributed by atoms with Crippen LogP contribution in [0.2, 0.25) is 5.28 Å². The number of hydrogen-bond donors (Lipinski definition) is 1. The zero-order valence-corrected chi connectivity index (χ0v) is 7.56. The highest BCUT2D eigenvalue weighted by atomic mass is 35.5. The molecule has 1 aromatic rings. The summed E-state index contributed by atoms with van der Waals surface area (Å²) < 4.78 is 13.3. The summed E-state index contributed by atoms with van der Waals surface area (Å²) in [6, 6.07) is 1.37. The minimum atomic E-state index is -1.54. The van der Waals surface area contributed by atoms with E-state index in [2.05, 4.69) is 9.97 Å². The van der Waals surface area contributed by atoms with Gasteiger partial charge in [0.15, 0.2) is 0 Å². The van der Waals surface area contributed by atoms with Crippen LogP contribution in [-0.2, 0) is 5.67 Å². The van der Waals surface area contributed by atoms with E-state index in [9.17, 15) is 4.39 Å². The Hall–Kier alpha value is -0.900. The van der Waals surface area contributed by atoms with Crippen molar-refractivity contribution in [2.45, 2.75) is 19.5 Å². The molecule has 12 heavy (non-hydrogen) atoms. The van der Waals surface area contributed by atoms with Gasteiger partial charge in [0.1, 0.15) is 11.5 Å². The molecule has 0 bridgehead atoms. The number of alkyl halides is 1. The lowest BCUT2D eigenvalue weighted by Gasteiger charge is -2.13. The summed E-state index contributed by atoms with van der Waals surface area (Å²) in [5, 5.41) is -0.0317. The third-order valence-electron chi connectivity index (χ3n) is 1.33. The number of aromatic nitrogens is 2. The van der Waals surface area contributed by atoms with Gasteiger partial charge in [-0.3, -0.25) is 0 Å². The molecule has 5 heteroatoms. The number of hydrogen-bond acceptors (Lipinski definition) is 3. The van der Waals surface area contributed by atoms with E-state index in [1.54, 1.807) is 0 Å². The number of nitrogens with two attached hydrogens (primary N) is 1. The predicted molar refractivity (Wildman–Crippen MR) is 45.6 cm³/mol. The van der Waals surface area contributed by atoms with Gasteiger partial charge >= 0.3 is 0 Å². The number of rotatable bonds is 1. The summed E-state index contributed by atoms with van der Waals surface area (Å²) in [5.41, 5.74) is 4.01. The predicted octanol–water partition coefficient (Wildman–Crippen LogP) is 1.92. The van der Waals surface area contributed by atoms with Crippen molar-refractivity contribution in [2.24, 2.45) is 0 Å². The lowest BCUT2D eigenvalue weighted by molar-refractivity contribution is 0.214. The number of nitrogens with zero attached hydrogens (tertiary/aromatic N) is 2. The molecule has 0 radical (unpaired) electrons. The summed E-state index contributed by atoms with van der Waals surface area (Å²) in [4.78, 5) is 7.32. The second kappa shape index (κ2) is 2.86. The fourth-order valence-electron chi connectivity index (χ4n) is 0.740. The molecule has 0 atom stereocenters. The Kier molecular flexibility index (Phi) is 2.19. The Labute approximate surface area is 74.8 Å². The summed E-state index contributed by atoms with van der Waals surface area (Å²) in [6.07, 6.45) is 0. The molecule has 0 unspecified atom stereocenters. The quantitative estimate of drug-likeness (QED) is 0.687. The molecule has 0 spiro atoms. The third kappa shape index (κ3) is 2.04. The zero-order valence-electron chi connectivity index (χ0n) is 6.81. The second-order valence-electron chi connectivity index (χ2n) is 2.92. The first kappa shape index (κ1) is 9.19. The van der Waals surface area contributed by atoms with Crippen molar-refractivity contribution in [2.75, 3.05) is 5.73 Å². The van der Waals surface area contributed by atoms with Gasteiger partial charge in [0.25, 0.3) is 0 Å². The average Bonchev–Trinajstić information content (AvgIpc) is 1.82. The SMILES string of the molecule is CC(C)(F)c1cc(N)nc(Cl)n1. The number of nitrogen functional groups attached to an aromatic ring is 1. The minimum absolute atomic E-state index is 0.0317. The summed E-state index contributed by atoms with van der Waals surface area (Å²) >= 11 is 5.49. The highest BCUT2D eigenvalue weighted by Gasteiger charge is 2.21. The molecular weight excluding hydrogens is 181 g/mol. The number of halogens is 2. The maximum atomic E-state index is 13.3. The van der Waals surface area contributed by atoms with E-state index in [-0.39, 0.29) is 16.8 Å². The second-order valence-corrected chi connectivity index (χ2v) is 3.26. The van der Waals surface area contributed by atoms with Gasteiger partial charge in [0.2, 0.25) is 5.28 Å². The van der Waals surface area contributed by atoms with E-state index >= 15 is 0 Å². The van der Waals surface area contributed by atoms with Crippen molar-refractivity contribution in [1.82, 2.24) is 9.97 Å². The van der Waals surface area contributed by atoms with Crippen molar-refractivity contribution >= 4 is 17.4 Å².